The van der Waals surface area contributed by atoms with Gasteiger partial charge in [0.15, 0.2) is 0 Å². The summed E-state index contributed by atoms with van der Waals surface area (Å²) in [5.41, 5.74) is 6.08. The van der Waals surface area contributed by atoms with Gasteiger partial charge in [-0.05, 0) is 37.1 Å². The van der Waals surface area contributed by atoms with Gasteiger partial charge in [0, 0.05) is 22.7 Å². The summed E-state index contributed by atoms with van der Waals surface area (Å²) >= 11 is 6.42. The van der Waals surface area contributed by atoms with Gasteiger partial charge in [-0.2, -0.15) is 0 Å². The Bertz CT molecular complexity index is 853. The molecule has 0 spiro atoms. The molecule has 0 saturated heterocycles. The van der Waals surface area contributed by atoms with Crippen LogP contribution in [0.5, 0.6) is 0 Å². The lowest BCUT2D eigenvalue weighted by molar-refractivity contribution is -0.159. The second-order valence-electron chi connectivity index (χ2n) is 5.87. The standard InChI is InChI=1S/C18H19ClN2.C2H2O4/c1-20-11-12-21-18-14-6-3-2-5-13(14)9-10-15-16(18)7-4-8-17(15)19;3-1(4)2(5)6/h2-8,20H,9-12H2,1H3;(H,3,4)(H,5,6)/b21-18-;. The zero-order valence-corrected chi connectivity index (χ0v) is 15.7. The molecule has 7 heteroatoms. The summed E-state index contributed by atoms with van der Waals surface area (Å²) in [5.74, 6) is -3.65. The molecule has 27 heavy (non-hydrogen) atoms. The van der Waals surface area contributed by atoms with Gasteiger partial charge in [-0.25, -0.2) is 9.59 Å². The highest BCUT2D eigenvalue weighted by Gasteiger charge is 2.20. The van der Waals surface area contributed by atoms with Crippen molar-refractivity contribution in [2.75, 3.05) is 20.1 Å². The van der Waals surface area contributed by atoms with E-state index in [4.69, 9.17) is 36.4 Å². The summed E-state index contributed by atoms with van der Waals surface area (Å²) in [7, 11) is 1.95. The Morgan fingerprint density at radius 1 is 1.04 bits per heavy atom. The van der Waals surface area contributed by atoms with Gasteiger partial charge in [0.05, 0.1) is 12.3 Å². The average Bonchev–Trinajstić information content (AvgIpc) is 2.81. The Labute approximate surface area is 162 Å². The molecule has 0 bridgehead atoms. The van der Waals surface area contributed by atoms with E-state index in [0.29, 0.717) is 0 Å². The minimum atomic E-state index is -1.82. The molecule has 0 aromatic heterocycles. The first kappa shape index (κ1) is 20.6. The van der Waals surface area contributed by atoms with Gasteiger partial charge in [0.25, 0.3) is 0 Å². The Morgan fingerprint density at radius 3 is 2.37 bits per heavy atom. The number of aliphatic carboxylic acids is 2. The molecule has 1 aliphatic carbocycles. The average molecular weight is 389 g/mol. The first-order chi connectivity index (χ1) is 13.0. The maximum absolute atomic E-state index is 9.10. The first-order valence-electron chi connectivity index (χ1n) is 8.47. The minimum absolute atomic E-state index is 0.770. The summed E-state index contributed by atoms with van der Waals surface area (Å²) in [6.45, 7) is 1.65. The quantitative estimate of drug-likeness (QED) is 0.554. The number of carboxylic acids is 2. The normalized spacial score (nSPS) is 13.6. The molecule has 6 nitrogen and oxygen atoms in total. The summed E-state index contributed by atoms with van der Waals surface area (Å²) in [5, 5.41) is 18.8. The van der Waals surface area contributed by atoms with Crippen LogP contribution < -0.4 is 5.32 Å². The number of carboxylic acid groups (broad SMARTS) is 2. The number of benzene rings is 2. The molecule has 0 radical (unpaired) electrons. The molecule has 3 rings (SSSR count). The number of carbonyl (C=O) groups is 2. The molecular formula is C20H21ClN2O4. The van der Waals surface area contributed by atoms with Gasteiger partial charge < -0.3 is 15.5 Å². The fraction of sp³-hybridized carbons (Fsp3) is 0.250. The van der Waals surface area contributed by atoms with Crippen LogP contribution in [0.1, 0.15) is 22.3 Å². The van der Waals surface area contributed by atoms with Crippen LogP contribution in [0.25, 0.3) is 0 Å². The van der Waals surface area contributed by atoms with Gasteiger partial charge in [0.2, 0.25) is 0 Å². The largest absolute Gasteiger partial charge is 0.473 e. The Balaban J connectivity index is 0.000000380. The van der Waals surface area contributed by atoms with Gasteiger partial charge in [-0.15, -0.1) is 0 Å². The number of likely N-dealkylation sites (N-methyl/N-ethyl adjacent to an activating group) is 1. The van der Waals surface area contributed by atoms with Crippen LogP contribution in [0.15, 0.2) is 47.5 Å². The number of nitrogens with zero attached hydrogens (tertiary/aromatic N) is 1. The number of aliphatic imine (C=N–C) groups is 1. The van der Waals surface area contributed by atoms with E-state index in [-0.39, 0.29) is 0 Å². The molecule has 0 unspecified atom stereocenters. The Morgan fingerprint density at radius 2 is 1.70 bits per heavy atom. The second kappa shape index (κ2) is 9.85. The number of halogens is 1. The summed E-state index contributed by atoms with van der Waals surface area (Å²) in [6, 6.07) is 14.7. The molecule has 0 saturated carbocycles. The van der Waals surface area contributed by atoms with Crippen molar-refractivity contribution >= 4 is 29.3 Å². The third kappa shape index (κ3) is 5.39. The van der Waals surface area contributed by atoms with Crippen LogP contribution in [-0.4, -0.2) is 48.0 Å². The van der Waals surface area contributed by atoms with Gasteiger partial charge in [-0.1, -0.05) is 48.0 Å². The van der Waals surface area contributed by atoms with Gasteiger partial charge in [-0.3, -0.25) is 4.99 Å². The summed E-state index contributed by atoms with van der Waals surface area (Å²) in [4.78, 5) is 23.1. The van der Waals surface area contributed by atoms with Gasteiger partial charge >= 0.3 is 11.9 Å². The van der Waals surface area contributed by atoms with E-state index in [2.05, 4.69) is 35.6 Å². The summed E-state index contributed by atoms with van der Waals surface area (Å²) < 4.78 is 0. The van der Waals surface area contributed by atoms with E-state index in [0.717, 1.165) is 36.7 Å². The predicted octanol–water partition coefficient (Wildman–Crippen LogP) is 2.65. The van der Waals surface area contributed by atoms with Crippen molar-refractivity contribution in [3.8, 4) is 0 Å². The van der Waals surface area contributed by atoms with Gasteiger partial charge in [0.1, 0.15) is 0 Å². The molecule has 142 valence electrons. The lowest BCUT2D eigenvalue weighted by Crippen LogP contribution is -2.14. The third-order valence-electron chi connectivity index (χ3n) is 4.11. The summed E-state index contributed by atoms with van der Waals surface area (Å²) in [6.07, 6.45) is 1.98. The fourth-order valence-corrected chi connectivity index (χ4v) is 3.13. The van der Waals surface area contributed by atoms with Crippen molar-refractivity contribution in [2.45, 2.75) is 12.8 Å². The Hall–Kier alpha value is -2.70. The Kier molecular flexibility index (Phi) is 7.52. The van der Waals surface area contributed by atoms with Crippen LogP contribution >= 0.6 is 11.6 Å². The molecule has 3 N–H and O–H groups in total. The van der Waals surface area contributed by atoms with E-state index >= 15 is 0 Å². The molecular weight excluding hydrogens is 368 g/mol. The third-order valence-corrected chi connectivity index (χ3v) is 4.46. The highest BCUT2D eigenvalue weighted by Crippen LogP contribution is 2.29. The number of aryl methyl sites for hydroxylation is 1. The molecule has 0 fully saturated rings. The highest BCUT2D eigenvalue weighted by atomic mass is 35.5. The molecule has 0 aliphatic heterocycles. The maximum atomic E-state index is 9.10. The molecule has 0 atom stereocenters. The van der Waals surface area contributed by atoms with Crippen molar-refractivity contribution in [2.24, 2.45) is 4.99 Å². The lowest BCUT2D eigenvalue weighted by atomic mass is 9.98. The number of rotatable bonds is 3. The monoisotopic (exact) mass is 388 g/mol. The topological polar surface area (TPSA) is 99.0 Å². The maximum Gasteiger partial charge on any atom is 0.414 e. The SMILES string of the molecule is CNCC/N=C1/c2ccccc2CCc2c(Cl)cccc21.O=C(O)C(=O)O. The van der Waals surface area contributed by atoms with E-state index in [1.54, 1.807) is 0 Å². The van der Waals surface area contributed by atoms with Crippen LogP contribution in [0.4, 0.5) is 0 Å². The molecule has 2 aromatic carbocycles. The number of hydrogen-bond acceptors (Lipinski definition) is 4. The number of fused-ring (bicyclic) bond motifs is 2. The predicted molar refractivity (Wildman–Crippen MR) is 105 cm³/mol. The molecule has 0 amide bonds. The number of nitrogens with one attached hydrogen (secondary N) is 1. The van der Waals surface area contributed by atoms with Crippen molar-refractivity contribution in [3.05, 3.63) is 69.7 Å². The van der Waals surface area contributed by atoms with Crippen molar-refractivity contribution in [1.82, 2.24) is 5.32 Å². The zero-order chi connectivity index (χ0) is 19.8. The van der Waals surface area contributed by atoms with Crippen LogP contribution in [0, 0.1) is 0 Å². The second-order valence-corrected chi connectivity index (χ2v) is 6.27. The van der Waals surface area contributed by atoms with Crippen LogP contribution in [0.2, 0.25) is 5.02 Å². The van der Waals surface area contributed by atoms with Crippen molar-refractivity contribution in [3.63, 3.8) is 0 Å². The van der Waals surface area contributed by atoms with Crippen molar-refractivity contribution < 1.29 is 19.8 Å². The van der Waals surface area contributed by atoms with Crippen LogP contribution in [0.3, 0.4) is 0 Å². The van der Waals surface area contributed by atoms with Crippen molar-refractivity contribution in [1.29, 1.82) is 0 Å². The minimum Gasteiger partial charge on any atom is -0.473 e. The molecule has 0 heterocycles. The fourth-order valence-electron chi connectivity index (χ4n) is 2.86. The lowest BCUT2D eigenvalue weighted by Gasteiger charge is -2.11. The molecule has 1 aliphatic rings. The van der Waals surface area contributed by atoms with E-state index < -0.39 is 11.9 Å². The van der Waals surface area contributed by atoms with E-state index in [1.165, 1.54) is 22.3 Å². The smallest absolute Gasteiger partial charge is 0.414 e. The first-order valence-corrected chi connectivity index (χ1v) is 8.84. The highest BCUT2D eigenvalue weighted by molar-refractivity contribution is 6.32. The zero-order valence-electron chi connectivity index (χ0n) is 14.9. The van der Waals surface area contributed by atoms with E-state index in [1.807, 2.05) is 19.2 Å². The van der Waals surface area contributed by atoms with E-state index in [9.17, 15) is 0 Å². The molecule has 2 aromatic rings. The number of hydrogen-bond donors (Lipinski definition) is 3. The van der Waals surface area contributed by atoms with Crippen LogP contribution in [-0.2, 0) is 22.4 Å².